The van der Waals surface area contributed by atoms with Gasteiger partial charge in [0.25, 0.3) is 11.5 Å². The van der Waals surface area contributed by atoms with E-state index < -0.39 is 0 Å². The number of carbonyl (C=O) groups is 1. The number of hydrogen-bond acceptors (Lipinski definition) is 7. The summed E-state index contributed by atoms with van der Waals surface area (Å²) < 4.78 is 8.07. The van der Waals surface area contributed by atoms with E-state index in [1.165, 1.54) is 18.2 Å². The molecule has 2 aromatic rings. The molecule has 1 amide bonds. The number of anilines is 1. The molecule has 0 bridgehead atoms. The molecule has 180 valence electrons. The van der Waals surface area contributed by atoms with Gasteiger partial charge < -0.3 is 9.64 Å². The first-order valence-electron chi connectivity index (χ1n) is 12.0. The normalized spacial score (nSPS) is 25.7. The van der Waals surface area contributed by atoms with Crippen LogP contribution in [-0.2, 0) is 9.53 Å². The van der Waals surface area contributed by atoms with Crippen LogP contribution in [0.15, 0.2) is 28.0 Å². The summed E-state index contributed by atoms with van der Waals surface area (Å²) in [6.45, 7) is 7.25. The Hall–Kier alpha value is -2.23. The van der Waals surface area contributed by atoms with Crippen molar-refractivity contribution < 1.29 is 9.53 Å². The molecule has 0 radical (unpaired) electrons. The van der Waals surface area contributed by atoms with Crippen molar-refractivity contribution in [3.8, 4) is 0 Å². The van der Waals surface area contributed by atoms with Crippen LogP contribution in [0.1, 0.15) is 57.1 Å². The first kappa shape index (κ1) is 23.5. The Balaban J connectivity index is 1.62. The fourth-order valence-electron chi connectivity index (χ4n) is 5.28. The number of aryl methyl sites for hydroxylation is 1. The molecule has 0 N–H and O–H groups in total. The zero-order valence-corrected chi connectivity index (χ0v) is 21.5. The van der Waals surface area contributed by atoms with Gasteiger partial charge in [-0.25, -0.2) is 4.98 Å². The van der Waals surface area contributed by atoms with Gasteiger partial charge in [-0.2, -0.15) is 0 Å². The molecule has 5 rings (SSSR count). The lowest BCUT2D eigenvalue weighted by Gasteiger charge is -2.36. The van der Waals surface area contributed by atoms with Gasteiger partial charge in [0.15, 0.2) is 0 Å². The number of carbonyl (C=O) groups excluding carboxylic acids is 1. The summed E-state index contributed by atoms with van der Waals surface area (Å²) in [7, 11) is 0. The molecular formula is C25H30N4O3S2. The summed E-state index contributed by atoms with van der Waals surface area (Å²) >= 11 is 6.90. The van der Waals surface area contributed by atoms with Crippen LogP contribution in [0.25, 0.3) is 11.7 Å². The number of amides is 1. The number of thiocarbonyl (C=S) groups is 1. The smallest absolute Gasteiger partial charge is 0.267 e. The number of nitrogens with zero attached hydrogens (tertiary/aromatic N) is 4. The van der Waals surface area contributed by atoms with Gasteiger partial charge in [0, 0.05) is 25.3 Å². The van der Waals surface area contributed by atoms with Gasteiger partial charge in [-0.3, -0.25) is 18.9 Å². The third-order valence-electron chi connectivity index (χ3n) is 6.82. The van der Waals surface area contributed by atoms with E-state index in [9.17, 15) is 9.59 Å². The van der Waals surface area contributed by atoms with Crippen LogP contribution in [0.4, 0.5) is 5.82 Å². The highest BCUT2D eigenvalue weighted by Gasteiger charge is 2.38. The van der Waals surface area contributed by atoms with E-state index in [1.54, 1.807) is 21.6 Å². The number of ether oxygens (including phenoxy) is 1. The maximum absolute atomic E-state index is 13.7. The van der Waals surface area contributed by atoms with Gasteiger partial charge in [-0.1, -0.05) is 49.3 Å². The minimum absolute atomic E-state index is 0.0123. The highest BCUT2D eigenvalue weighted by atomic mass is 32.2. The number of aromatic nitrogens is 2. The molecule has 2 atom stereocenters. The maximum atomic E-state index is 13.7. The van der Waals surface area contributed by atoms with E-state index in [2.05, 4.69) is 4.90 Å². The zero-order valence-electron chi connectivity index (χ0n) is 19.8. The number of rotatable bonds is 3. The summed E-state index contributed by atoms with van der Waals surface area (Å²) in [5.41, 5.74) is 1.79. The van der Waals surface area contributed by atoms with Crippen molar-refractivity contribution in [2.75, 3.05) is 18.0 Å². The van der Waals surface area contributed by atoms with Crippen LogP contribution in [0.5, 0.6) is 0 Å². The monoisotopic (exact) mass is 498 g/mol. The van der Waals surface area contributed by atoms with Gasteiger partial charge in [0.05, 0.1) is 22.7 Å². The van der Waals surface area contributed by atoms with Crippen molar-refractivity contribution in [2.24, 2.45) is 0 Å². The second-order valence-corrected chi connectivity index (χ2v) is 11.2. The molecule has 3 aliphatic rings. The molecule has 7 nitrogen and oxygen atoms in total. The Kier molecular flexibility index (Phi) is 6.52. The van der Waals surface area contributed by atoms with Gasteiger partial charge in [0.2, 0.25) is 0 Å². The quantitative estimate of drug-likeness (QED) is 0.465. The molecule has 0 aromatic carbocycles. The second-order valence-electron chi connectivity index (χ2n) is 9.54. The molecule has 1 aliphatic carbocycles. The van der Waals surface area contributed by atoms with Crippen molar-refractivity contribution in [2.45, 2.75) is 71.1 Å². The predicted molar refractivity (Wildman–Crippen MR) is 140 cm³/mol. The SMILES string of the molecule is Cc1cccn2c(=O)c(C=C3SC(=S)N(C4CCCCC4)C3=O)c(N3CC(C)OC(C)C3)nc12. The van der Waals surface area contributed by atoms with E-state index in [0.29, 0.717) is 39.3 Å². The Bertz CT molecular complexity index is 1220. The van der Waals surface area contributed by atoms with Crippen LogP contribution in [0, 0.1) is 6.92 Å². The lowest BCUT2D eigenvalue weighted by Crippen LogP contribution is -2.46. The lowest BCUT2D eigenvalue weighted by molar-refractivity contribution is -0.124. The molecule has 3 fully saturated rings. The summed E-state index contributed by atoms with van der Waals surface area (Å²) in [5, 5.41) is 0. The van der Waals surface area contributed by atoms with Gasteiger partial charge in [-0.05, 0) is 51.3 Å². The molecule has 0 spiro atoms. The van der Waals surface area contributed by atoms with Crippen LogP contribution < -0.4 is 10.5 Å². The predicted octanol–water partition coefficient (Wildman–Crippen LogP) is 4.15. The molecule has 2 aromatic heterocycles. The number of pyridine rings is 1. The van der Waals surface area contributed by atoms with Crippen molar-refractivity contribution in [3.05, 3.63) is 44.7 Å². The summed E-state index contributed by atoms with van der Waals surface area (Å²) in [5.74, 6) is 0.509. The molecule has 9 heteroatoms. The van der Waals surface area contributed by atoms with E-state index in [1.807, 2.05) is 32.9 Å². The minimum atomic E-state index is -0.182. The third-order valence-corrected chi connectivity index (χ3v) is 8.15. The zero-order chi connectivity index (χ0) is 24.0. The molecule has 2 saturated heterocycles. The molecule has 4 heterocycles. The first-order chi connectivity index (χ1) is 16.3. The van der Waals surface area contributed by atoms with Gasteiger partial charge in [0.1, 0.15) is 15.8 Å². The van der Waals surface area contributed by atoms with Gasteiger partial charge in [-0.15, -0.1) is 0 Å². The van der Waals surface area contributed by atoms with Crippen LogP contribution in [0.3, 0.4) is 0 Å². The van der Waals surface area contributed by atoms with Crippen LogP contribution in [0.2, 0.25) is 0 Å². The minimum Gasteiger partial charge on any atom is -0.372 e. The van der Waals surface area contributed by atoms with Crippen LogP contribution in [-0.4, -0.2) is 55.9 Å². The van der Waals surface area contributed by atoms with E-state index in [-0.39, 0.29) is 29.7 Å². The number of morpholine rings is 1. The van der Waals surface area contributed by atoms with E-state index >= 15 is 0 Å². The maximum Gasteiger partial charge on any atom is 0.267 e. The summed E-state index contributed by atoms with van der Waals surface area (Å²) in [4.78, 5) is 36.5. The number of thioether (sulfide) groups is 1. The third kappa shape index (κ3) is 4.29. The van der Waals surface area contributed by atoms with Crippen molar-refractivity contribution in [1.82, 2.24) is 14.3 Å². The Morgan fingerprint density at radius 2 is 1.85 bits per heavy atom. The van der Waals surface area contributed by atoms with Gasteiger partial charge >= 0.3 is 0 Å². The highest BCUT2D eigenvalue weighted by Crippen LogP contribution is 2.38. The summed E-state index contributed by atoms with van der Waals surface area (Å²) in [6.07, 6.45) is 8.88. The van der Waals surface area contributed by atoms with Crippen LogP contribution >= 0.6 is 24.0 Å². The standard InChI is InChI=1S/C25H30N4O3S2/c1-15-8-7-11-28-21(15)26-22(27-13-16(2)32-17(3)14-27)19(23(28)30)12-20-24(31)29(25(33)34-20)18-9-5-4-6-10-18/h7-8,11-12,16-18H,4-6,9-10,13-14H2,1-3H3. The second kappa shape index (κ2) is 9.43. The van der Waals surface area contributed by atoms with Crippen molar-refractivity contribution in [3.63, 3.8) is 0 Å². The van der Waals surface area contributed by atoms with Crippen molar-refractivity contribution in [1.29, 1.82) is 0 Å². The highest BCUT2D eigenvalue weighted by molar-refractivity contribution is 8.26. The fraction of sp³-hybridized carbons (Fsp3) is 0.520. The fourth-order valence-corrected chi connectivity index (χ4v) is 6.67. The van der Waals surface area contributed by atoms with E-state index in [0.717, 1.165) is 31.2 Å². The molecule has 2 aliphatic heterocycles. The lowest BCUT2D eigenvalue weighted by atomic mass is 9.94. The van der Waals surface area contributed by atoms with E-state index in [4.69, 9.17) is 21.9 Å². The average Bonchev–Trinajstić information content (AvgIpc) is 3.08. The Labute approximate surface area is 209 Å². The average molecular weight is 499 g/mol. The molecule has 2 unspecified atom stereocenters. The topological polar surface area (TPSA) is 67.2 Å². The Morgan fingerprint density at radius 1 is 1.15 bits per heavy atom. The summed E-state index contributed by atoms with van der Waals surface area (Å²) in [6, 6.07) is 3.95. The first-order valence-corrected chi connectivity index (χ1v) is 13.3. The number of hydrogen-bond donors (Lipinski definition) is 0. The largest absolute Gasteiger partial charge is 0.372 e. The number of fused-ring (bicyclic) bond motifs is 1. The Morgan fingerprint density at radius 3 is 2.56 bits per heavy atom. The van der Waals surface area contributed by atoms with Crippen molar-refractivity contribution >= 4 is 51.7 Å². The molecular weight excluding hydrogens is 468 g/mol. The molecule has 34 heavy (non-hydrogen) atoms. The molecule has 1 saturated carbocycles.